The fraction of sp³-hybridized carbons (Fsp3) is 0.240. The van der Waals surface area contributed by atoms with Gasteiger partial charge in [-0.2, -0.15) is 17.6 Å². The Hall–Kier alpha value is -3.75. The van der Waals surface area contributed by atoms with Crippen LogP contribution in [0.5, 0.6) is 23.0 Å². The Balaban J connectivity index is 1.38. The second-order valence-corrected chi connectivity index (χ2v) is 8.07. The number of ether oxygens (including phenoxy) is 4. The third-order valence-electron chi connectivity index (χ3n) is 5.94. The van der Waals surface area contributed by atoms with Crippen molar-refractivity contribution < 1.29 is 41.3 Å². The second kappa shape index (κ2) is 7.93. The zero-order valence-corrected chi connectivity index (χ0v) is 17.6. The van der Waals surface area contributed by atoms with E-state index in [-0.39, 0.29) is 23.9 Å². The van der Waals surface area contributed by atoms with Crippen molar-refractivity contribution in [1.82, 2.24) is 0 Å². The third kappa shape index (κ3) is 3.43. The van der Waals surface area contributed by atoms with Crippen LogP contribution >= 0.6 is 0 Å². The van der Waals surface area contributed by atoms with E-state index in [1.165, 1.54) is 6.07 Å². The summed E-state index contributed by atoms with van der Waals surface area (Å²) in [4.78, 5) is 13.0. The average molecular weight is 474 g/mol. The molecular formula is C25H18F4O5. The van der Waals surface area contributed by atoms with Gasteiger partial charge in [-0.25, -0.2) is 0 Å². The predicted octanol–water partition coefficient (Wildman–Crippen LogP) is 5.86. The van der Waals surface area contributed by atoms with E-state index in [1.807, 2.05) is 6.07 Å². The highest BCUT2D eigenvalue weighted by Crippen LogP contribution is 2.65. The summed E-state index contributed by atoms with van der Waals surface area (Å²) < 4.78 is 78.7. The Morgan fingerprint density at radius 3 is 2.32 bits per heavy atom. The zero-order chi connectivity index (χ0) is 24.0. The van der Waals surface area contributed by atoms with Crippen LogP contribution in [0.3, 0.4) is 0 Å². The van der Waals surface area contributed by atoms with Crippen molar-refractivity contribution in [1.29, 1.82) is 0 Å². The lowest BCUT2D eigenvalue weighted by Crippen LogP contribution is -2.72. The summed E-state index contributed by atoms with van der Waals surface area (Å²) in [5.41, 5.74) is -2.73. The molecule has 5 nitrogen and oxygen atoms in total. The van der Waals surface area contributed by atoms with Crippen LogP contribution < -0.4 is 14.2 Å². The van der Waals surface area contributed by atoms with E-state index in [1.54, 1.807) is 48.5 Å². The van der Waals surface area contributed by atoms with Crippen LogP contribution in [0.25, 0.3) is 0 Å². The van der Waals surface area contributed by atoms with Gasteiger partial charge in [0.15, 0.2) is 16.9 Å². The van der Waals surface area contributed by atoms with Gasteiger partial charge in [-0.1, -0.05) is 36.4 Å². The molecule has 1 aliphatic carbocycles. The van der Waals surface area contributed by atoms with Crippen LogP contribution in [0.15, 0.2) is 72.8 Å². The molecule has 5 rings (SSSR count). The number of hydrogen-bond acceptors (Lipinski definition) is 5. The van der Waals surface area contributed by atoms with E-state index < -0.39 is 36.3 Å². The molecule has 0 N–H and O–H groups in total. The first-order chi connectivity index (χ1) is 16.2. The Bertz CT molecular complexity index is 1230. The van der Waals surface area contributed by atoms with Crippen molar-refractivity contribution in [3.63, 3.8) is 0 Å². The summed E-state index contributed by atoms with van der Waals surface area (Å²) in [6, 6.07) is 19.0. The first-order valence-electron chi connectivity index (χ1n) is 10.4. The number of benzene rings is 3. The van der Waals surface area contributed by atoms with Crippen LogP contribution in [0.4, 0.5) is 17.6 Å². The normalized spacial score (nSPS) is 21.4. The molecule has 176 valence electrons. The Morgan fingerprint density at radius 2 is 1.59 bits per heavy atom. The molecule has 0 bridgehead atoms. The van der Waals surface area contributed by atoms with E-state index in [4.69, 9.17) is 18.9 Å². The van der Waals surface area contributed by atoms with E-state index in [9.17, 15) is 22.4 Å². The number of rotatable bonds is 6. The summed E-state index contributed by atoms with van der Waals surface area (Å²) in [5.74, 6) is -9.06. The monoisotopic (exact) mass is 474 g/mol. The van der Waals surface area contributed by atoms with E-state index in [0.717, 1.165) is 12.1 Å². The molecule has 3 aromatic rings. The topological polar surface area (TPSA) is 54.0 Å². The van der Waals surface area contributed by atoms with Gasteiger partial charge >= 0.3 is 17.8 Å². The molecule has 1 fully saturated rings. The smallest absolute Gasteiger partial charge is 0.330 e. The van der Waals surface area contributed by atoms with E-state index in [0.29, 0.717) is 17.1 Å². The van der Waals surface area contributed by atoms with Gasteiger partial charge in [0, 0.05) is 6.42 Å². The quantitative estimate of drug-likeness (QED) is 0.331. The van der Waals surface area contributed by atoms with Gasteiger partial charge in [0.25, 0.3) is 0 Å². The number of esters is 1. The van der Waals surface area contributed by atoms with Crippen LogP contribution in [-0.4, -0.2) is 24.6 Å². The lowest BCUT2D eigenvalue weighted by atomic mass is 9.58. The largest absolute Gasteiger partial charge is 0.460 e. The van der Waals surface area contributed by atoms with Crippen molar-refractivity contribution >= 4 is 5.97 Å². The maximum atomic E-state index is 14.8. The number of halogens is 4. The number of carbonyl (C=O) groups is 1. The number of para-hydroxylation sites is 1. The molecule has 9 heteroatoms. The lowest BCUT2D eigenvalue weighted by molar-refractivity contribution is -0.323. The molecule has 1 heterocycles. The van der Waals surface area contributed by atoms with Gasteiger partial charge in [-0.15, -0.1) is 0 Å². The average Bonchev–Trinajstić information content (AvgIpc) is 3.30. The van der Waals surface area contributed by atoms with E-state index >= 15 is 0 Å². The van der Waals surface area contributed by atoms with Crippen molar-refractivity contribution in [3.05, 3.63) is 83.9 Å². The summed E-state index contributed by atoms with van der Waals surface area (Å²) in [5, 5.41) is 0. The van der Waals surface area contributed by atoms with E-state index in [2.05, 4.69) is 0 Å². The lowest BCUT2D eigenvalue weighted by Gasteiger charge is -2.51. The highest BCUT2D eigenvalue weighted by atomic mass is 19.3. The number of hydrogen-bond donors (Lipinski definition) is 0. The van der Waals surface area contributed by atoms with Crippen molar-refractivity contribution in [2.24, 2.45) is 0 Å². The number of fused-ring (bicyclic) bond motifs is 1. The third-order valence-corrected chi connectivity index (χ3v) is 5.94. The molecule has 0 radical (unpaired) electrons. The van der Waals surface area contributed by atoms with Gasteiger partial charge < -0.3 is 18.9 Å². The minimum Gasteiger partial charge on any atom is -0.460 e. The summed E-state index contributed by atoms with van der Waals surface area (Å²) in [7, 11) is 0. The van der Waals surface area contributed by atoms with Gasteiger partial charge in [-0.3, -0.25) is 4.79 Å². The van der Waals surface area contributed by atoms with Gasteiger partial charge in [-0.05, 0) is 47.5 Å². The van der Waals surface area contributed by atoms with Crippen LogP contribution in [-0.2, 0) is 21.6 Å². The van der Waals surface area contributed by atoms with Crippen LogP contribution in [0, 0.1) is 0 Å². The second-order valence-electron chi connectivity index (χ2n) is 8.07. The molecule has 34 heavy (non-hydrogen) atoms. The minimum atomic E-state index is -4.65. The Labute approximate surface area is 191 Å². The van der Waals surface area contributed by atoms with Crippen molar-refractivity contribution in [2.45, 2.75) is 30.3 Å². The molecule has 1 saturated carbocycles. The number of carbonyl (C=O) groups excluding carboxylic acids is 1. The highest BCUT2D eigenvalue weighted by molar-refractivity contribution is 5.87. The van der Waals surface area contributed by atoms with Gasteiger partial charge in [0.1, 0.15) is 18.1 Å². The van der Waals surface area contributed by atoms with Gasteiger partial charge in [0.2, 0.25) is 6.79 Å². The molecule has 3 aromatic carbocycles. The summed E-state index contributed by atoms with van der Waals surface area (Å²) in [6.07, 6.45) is -1.39. The Morgan fingerprint density at radius 1 is 0.853 bits per heavy atom. The Kier molecular flexibility index (Phi) is 5.15. The fourth-order valence-corrected chi connectivity index (χ4v) is 4.12. The zero-order valence-electron chi connectivity index (χ0n) is 17.6. The SMILES string of the molecule is O=C(OCc1cccc(Oc2ccccc2)c1)C1(c2ccc3c(c2)OCO3)CC(F)(F)C1(F)F. The molecule has 0 spiro atoms. The molecule has 1 unspecified atom stereocenters. The minimum absolute atomic E-state index is 0.0986. The van der Waals surface area contributed by atoms with Gasteiger partial charge in [0.05, 0.1) is 0 Å². The predicted molar refractivity (Wildman–Crippen MR) is 112 cm³/mol. The molecule has 0 aromatic heterocycles. The molecular weight excluding hydrogens is 456 g/mol. The van der Waals surface area contributed by atoms with Crippen molar-refractivity contribution in [2.75, 3.05) is 6.79 Å². The molecule has 0 amide bonds. The molecule has 1 atom stereocenters. The van der Waals surface area contributed by atoms with Crippen LogP contribution in [0.1, 0.15) is 17.5 Å². The maximum absolute atomic E-state index is 14.8. The first kappa shape index (κ1) is 22.1. The highest BCUT2D eigenvalue weighted by Gasteiger charge is 2.84. The number of alkyl halides is 4. The summed E-state index contributed by atoms with van der Waals surface area (Å²) >= 11 is 0. The maximum Gasteiger partial charge on any atom is 0.330 e. The molecule has 0 saturated heterocycles. The standard InChI is InChI=1S/C25H18F4O5/c26-24(27)14-23(25(24,28)29,17-9-10-20-21(12-17)33-15-32-20)22(30)31-13-16-5-4-8-19(11-16)34-18-6-2-1-3-7-18/h1-12H,13-15H2. The van der Waals surface area contributed by atoms with Crippen molar-refractivity contribution in [3.8, 4) is 23.0 Å². The fourth-order valence-electron chi connectivity index (χ4n) is 4.12. The first-order valence-corrected chi connectivity index (χ1v) is 10.4. The molecule has 2 aliphatic rings. The van der Waals surface area contributed by atoms with Crippen LogP contribution in [0.2, 0.25) is 0 Å². The summed E-state index contributed by atoms with van der Waals surface area (Å²) in [6.45, 7) is -0.539. The molecule has 1 aliphatic heterocycles.